The lowest BCUT2D eigenvalue weighted by atomic mass is 9.97. The molecular weight excluding hydrogens is 357 g/mol. The SMILES string of the molecule is CC.CC(=O)NCC1=Cc2ccccc2N(S(C)(=O)=O)[C@@H]1C(F)(F)F. The fourth-order valence-corrected chi connectivity index (χ4v) is 3.63. The van der Waals surface area contributed by atoms with Crippen molar-refractivity contribution in [3.63, 3.8) is 0 Å². The molecule has 0 saturated heterocycles. The van der Waals surface area contributed by atoms with Gasteiger partial charge in [-0.1, -0.05) is 32.0 Å². The van der Waals surface area contributed by atoms with Gasteiger partial charge in [-0.15, -0.1) is 0 Å². The van der Waals surface area contributed by atoms with Crippen LogP contribution in [0.5, 0.6) is 0 Å². The maximum atomic E-state index is 13.5. The molecule has 9 heteroatoms. The highest BCUT2D eigenvalue weighted by molar-refractivity contribution is 7.92. The molecule has 0 aliphatic carbocycles. The Morgan fingerprint density at radius 3 is 2.28 bits per heavy atom. The molecule has 0 bridgehead atoms. The number of halogens is 3. The van der Waals surface area contributed by atoms with Crippen LogP contribution in [0.25, 0.3) is 6.08 Å². The second kappa shape index (κ2) is 7.90. The van der Waals surface area contributed by atoms with Crippen molar-refractivity contribution >= 4 is 27.7 Å². The van der Waals surface area contributed by atoms with Gasteiger partial charge in [-0.05, 0) is 23.3 Å². The smallest absolute Gasteiger partial charge is 0.353 e. The first kappa shape index (κ1) is 21.0. The summed E-state index contributed by atoms with van der Waals surface area (Å²) in [5, 5.41) is 2.29. The molecule has 1 aliphatic heterocycles. The first-order valence-corrected chi connectivity index (χ1v) is 9.46. The van der Waals surface area contributed by atoms with E-state index >= 15 is 0 Å². The summed E-state index contributed by atoms with van der Waals surface area (Å²) >= 11 is 0. The molecular formula is C16H21F3N2O3S. The lowest BCUT2D eigenvalue weighted by Crippen LogP contribution is -2.53. The summed E-state index contributed by atoms with van der Waals surface area (Å²) in [5.74, 6) is -0.503. The van der Waals surface area contributed by atoms with Gasteiger partial charge in [0.2, 0.25) is 15.9 Å². The Hall–Kier alpha value is -2.03. The maximum absolute atomic E-state index is 13.5. The maximum Gasteiger partial charge on any atom is 0.413 e. The predicted molar refractivity (Wildman–Crippen MR) is 91.6 cm³/mol. The van der Waals surface area contributed by atoms with E-state index < -0.39 is 28.1 Å². The van der Waals surface area contributed by atoms with E-state index in [9.17, 15) is 26.4 Å². The molecule has 1 aliphatic rings. The number of carbonyl (C=O) groups is 1. The van der Waals surface area contributed by atoms with Crippen molar-refractivity contribution in [1.29, 1.82) is 0 Å². The van der Waals surface area contributed by atoms with Gasteiger partial charge in [0.1, 0.15) is 0 Å². The number of benzene rings is 1. The van der Waals surface area contributed by atoms with Crippen LogP contribution in [0, 0.1) is 0 Å². The quantitative estimate of drug-likeness (QED) is 0.879. The molecule has 0 aromatic heterocycles. The van der Waals surface area contributed by atoms with E-state index in [1.54, 1.807) is 6.07 Å². The third-order valence-corrected chi connectivity index (χ3v) is 4.43. The van der Waals surface area contributed by atoms with Crippen LogP contribution in [0.3, 0.4) is 0 Å². The van der Waals surface area contributed by atoms with Gasteiger partial charge in [0.05, 0.1) is 11.9 Å². The van der Waals surface area contributed by atoms with Crippen molar-refractivity contribution in [2.75, 3.05) is 17.1 Å². The monoisotopic (exact) mass is 378 g/mol. The minimum Gasteiger partial charge on any atom is -0.353 e. The Morgan fingerprint density at radius 1 is 1.24 bits per heavy atom. The van der Waals surface area contributed by atoms with Gasteiger partial charge in [-0.3, -0.25) is 9.10 Å². The topological polar surface area (TPSA) is 66.5 Å². The van der Waals surface area contributed by atoms with Gasteiger partial charge in [0.15, 0.2) is 6.04 Å². The number of nitrogens with one attached hydrogen (secondary N) is 1. The van der Waals surface area contributed by atoms with Crippen LogP contribution in [0.4, 0.5) is 18.9 Å². The van der Waals surface area contributed by atoms with E-state index in [0.29, 0.717) is 9.87 Å². The second-order valence-corrected chi connectivity index (χ2v) is 7.05. The van der Waals surface area contributed by atoms with Crippen molar-refractivity contribution in [2.24, 2.45) is 0 Å². The Balaban J connectivity index is 0.00000151. The molecule has 25 heavy (non-hydrogen) atoms. The summed E-state index contributed by atoms with van der Waals surface area (Å²) in [7, 11) is -4.18. The average molecular weight is 378 g/mol. The highest BCUT2D eigenvalue weighted by Gasteiger charge is 2.51. The van der Waals surface area contributed by atoms with Crippen LogP contribution in [-0.2, 0) is 14.8 Å². The molecule has 0 saturated carbocycles. The van der Waals surface area contributed by atoms with E-state index in [4.69, 9.17) is 0 Å². The largest absolute Gasteiger partial charge is 0.413 e. The van der Waals surface area contributed by atoms with Crippen LogP contribution in [-0.4, -0.2) is 39.3 Å². The fraction of sp³-hybridized carbons (Fsp3) is 0.438. The molecule has 0 radical (unpaired) electrons. The molecule has 1 atom stereocenters. The number of sulfonamides is 1. The number of nitrogens with zero attached hydrogens (tertiary/aromatic N) is 1. The summed E-state index contributed by atoms with van der Waals surface area (Å²) in [6, 6.07) is 3.56. The second-order valence-electron chi connectivity index (χ2n) is 5.19. The summed E-state index contributed by atoms with van der Waals surface area (Å²) in [6.45, 7) is 4.79. The van der Waals surface area contributed by atoms with Crippen LogP contribution in [0.15, 0.2) is 29.8 Å². The van der Waals surface area contributed by atoms with Gasteiger partial charge in [-0.2, -0.15) is 13.2 Å². The Labute approximate surface area is 145 Å². The average Bonchev–Trinajstić information content (AvgIpc) is 2.51. The number of alkyl halides is 3. The molecule has 1 aromatic carbocycles. The van der Waals surface area contributed by atoms with Crippen molar-refractivity contribution in [1.82, 2.24) is 5.32 Å². The van der Waals surface area contributed by atoms with Crippen LogP contribution in [0.2, 0.25) is 0 Å². The zero-order valence-electron chi connectivity index (χ0n) is 14.4. The number of anilines is 1. The number of hydrogen-bond donors (Lipinski definition) is 1. The molecule has 1 aromatic rings. The number of hydrogen-bond acceptors (Lipinski definition) is 3. The third kappa shape index (κ3) is 4.97. The first-order valence-electron chi connectivity index (χ1n) is 7.62. The van der Waals surface area contributed by atoms with Crippen molar-refractivity contribution in [2.45, 2.75) is 33.0 Å². The summed E-state index contributed by atoms with van der Waals surface area (Å²) in [4.78, 5) is 11.0. The number of carbonyl (C=O) groups excluding carboxylic acids is 1. The van der Waals surface area contributed by atoms with E-state index in [0.717, 1.165) is 6.26 Å². The molecule has 1 amide bonds. The number of rotatable bonds is 3. The Kier molecular flexibility index (Phi) is 6.64. The molecule has 1 N–H and O–H groups in total. The first-order chi connectivity index (χ1) is 11.5. The standard InChI is InChI=1S/C14H15F3N2O3S.C2H6/c1-9(20)18-8-11-7-10-5-3-4-6-12(10)19(23(2,21)22)13(11)14(15,16)17;1-2/h3-7,13H,8H2,1-2H3,(H,18,20);1-2H3/t13-;/m0./s1. The van der Waals surface area contributed by atoms with E-state index in [2.05, 4.69) is 5.32 Å². The molecule has 0 unspecified atom stereocenters. The molecule has 0 fully saturated rings. The molecule has 0 spiro atoms. The molecule has 2 rings (SSSR count). The summed E-state index contributed by atoms with van der Waals surface area (Å²) < 4.78 is 65.0. The zero-order chi connectivity index (χ0) is 19.4. The van der Waals surface area contributed by atoms with Crippen molar-refractivity contribution in [3.8, 4) is 0 Å². The molecule has 5 nitrogen and oxygen atoms in total. The minimum atomic E-state index is -4.82. The highest BCUT2D eigenvalue weighted by atomic mass is 32.2. The van der Waals surface area contributed by atoms with Gasteiger partial charge in [-0.25, -0.2) is 8.42 Å². The molecule has 140 valence electrons. The highest BCUT2D eigenvalue weighted by Crippen LogP contribution is 2.41. The zero-order valence-corrected chi connectivity index (χ0v) is 15.2. The third-order valence-electron chi connectivity index (χ3n) is 3.31. The van der Waals surface area contributed by atoms with Gasteiger partial charge >= 0.3 is 6.18 Å². The Bertz CT molecular complexity index is 758. The number of amides is 1. The lowest BCUT2D eigenvalue weighted by Gasteiger charge is -2.38. The summed E-state index contributed by atoms with van der Waals surface area (Å²) in [6.07, 6.45) is -2.82. The van der Waals surface area contributed by atoms with Crippen molar-refractivity contribution in [3.05, 3.63) is 35.4 Å². The van der Waals surface area contributed by atoms with Crippen molar-refractivity contribution < 1.29 is 26.4 Å². The minimum absolute atomic E-state index is 0.0381. The lowest BCUT2D eigenvalue weighted by molar-refractivity contribution is -0.138. The summed E-state index contributed by atoms with van der Waals surface area (Å²) in [5.41, 5.74) is 0.0690. The number of fused-ring (bicyclic) bond motifs is 1. The normalized spacial score (nSPS) is 17.0. The van der Waals surface area contributed by atoms with Crippen LogP contribution in [0.1, 0.15) is 26.3 Å². The van der Waals surface area contributed by atoms with E-state index in [1.165, 1.54) is 31.2 Å². The Morgan fingerprint density at radius 2 is 1.80 bits per heavy atom. The van der Waals surface area contributed by atoms with Crippen LogP contribution >= 0.6 is 0 Å². The van der Waals surface area contributed by atoms with Gasteiger partial charge < -0.3 is 5.32 Å². The van der Waals surface area contributed by atoms with Gasteiger partial charge in [0, 0.05) is 13.5 Å². The van der Waals surface area contributed by atoms with Gasteiger partial charge in [0.25, 0.3) is 0 Å². The van der Waals surface area contributed by atoms with Crippen LogP contribution < -0.4 is 9.62 Å². The van der Waals surface area contributed by atoms with E-state index in [-0.39, 0.29) is 17.8 Å². The fourth-order valence-electron chi connectivity index (χ4n) is 2.47. The number of para-hydroxylation sites is 1. The molecule has 1 heterocycles. The van der Waals surface area contributed by atoms with E-state index in [1.807, 2.05) is 13.8 Å². The predicted octanol–water partition coefficient (Wildman–Crippen LogP) is 2.94.